The molecule has 0 unspecified atom stereocenters. The lowest BCUT2D eigenvalue weighted by molar-refractivity contribution is 0.0142. The van der Waals surface area contributed by atoms with Crippen LogP contribution in [0.2, 0.25) is 0 Å². The van der Waals surface area contributed by atoms with Crippen LogP contribution < -0.4 is 0 Å². The van der Waals surface area contributed by atoms with Crippen molar-refractivity contribution >= 4 is 0 Å². The van der Waals surface area contributed by atoms with Gasteiger partial charge in [-0.25, -0.2) is 4.98 Å². The average molecular weight is 300 g/mol. The van der Waals surface area contributed by atoms with Gasteiger partial charge >= 0.3 is 0 Å². The molecule has 3 rings (SSSR count). The fourth-order valence-corrected chi connectivity index (χ4v) is 3.23. The number of rotatable bonds is 5. The van der Waals surface area contributed by atoms with Gasteiger partial charge in [0.2, 0.25) is 5.89 Å². The average Bonchev–Trinajstić information content (AvgIpc) is 3.09. The third-order valence-corrected chi connectivity index (χ3v) is 4.38. The van der Waals surface area contributed by atoms with E-state index in [2.05, 4.69) is 28.9 Å². The summed E-state index contributed by atoms with van der Waals surface area (Å²) in [4.78, 5) is 6.68. The van der Waals surface area contributed by atoms with E-state index >= 15 is 0 Å². The maximum atomic E-state index is 10.5. The molecular formula is C18H24N2O2. The van der Waals surface area contributed by atoms with Crippen LogP contribution in [0.3, 0.4) is 0 Å². The van der Waals surface area contributed by atoms with Crippen molar-refractivity contribution < 1.29 is 9.52 Å². The Morgan fingerprint density at radius 1 is 1.23 bits per heavy atom. The number of benzene rings is 1. The first-order chi connectivity index (χ1) is 10.5. The maximum absolute atomic E-state index is 10.5. The minimum Gasteiger partial charge on any atom is -0.444 e. The van der Waals surface area contributed by atoms with E-state index in [-0.39, 0.29) is 0 Å². The van der Waals surface area contributed by atoms with Gasteiger partial charge < -0.3 is 9.52 Å². The Labute approximate surface area is 131 Å². The molecule has 0 atom stereocenters. The molecule has 4 heteroatoms. The van der Waals surface area contributed by atoms with Crippen LogP contribution in [-0.2, 0) is 6.54 Å². The molecule has 0 spiro atoms. The first-order valence-corrected chi connectivity index (χ1v) is 7.96. The molecule has 0 radical (unpaired) electrons. The molecule has 2 aromatic rings. The molecule has 4 nitrogen and oxygen atoms in total. The van der Waals surface area contributed by atoms with Crippen LogP contribution in [0.4, 0.5) is 0 Å². The summed E-state index contributed by atoms with van der Waals surface area (Å²) in [6.45, 7) is 3.45. The van der Waals surface area contributed by atoms with Crippen molar-refractivity contribution in [3.05, 3.63) is 41.8 Å². The second-order valence-electron chi connectivity index (χ2n) is 6.61. The number of oxazole rings is 1. The van der Waals surface area contributed by atoms with Gasteiger partial charge in [-0.05, 0) is 38.9 Å². The van der Waals surface area contributed by atoms with Gasteiger partial charge in [0.1, 0.15) is 6.26 Å². The summed E-state index contributed by atoms with van der Waals surface area (Å²) in [5.74, 6) is 0.656. The van der Waals surface area contributed by atoms with E-state index in [0.29, 0.717) is 19.0 Å². The van der Waals surface area contributed by atoms with E-state index in [1.165, 1.54) is 5.56 Å². The van der Waals surface area contributed by atoms with Gasteiger partial charge in [-0.1, -0.05) is 30.5 Å². The summed E-state index contributed by atoms with van der Waals surface area (Å²) < 4.78 is 5.59. The number of likely N-dealkylation sites (N-methyl/N-ethyl adjacent to an activating group) is 1. The fraction of sp³-hybridized carbons (Fsp3) is 0.500. The number of hydrogen-bond acceptors (Lipinski definition) is 4. The topological polar surface area (TPSA) is 49.5 Å². The van der Waals surface area contributed by atoms with E-state index in [1.807, 2.05) is 19.2 Å². The Morgan fingerprint density at radius 2 is 1.91 bits per heavy atom. The van der Waals surface area contributed by atoms with Crippen molar-refractivity contribution in [2.75, 3.05) is 13.6 Å². The highest BCUT2D eigenvalue weighted by molar-refractivity contribution is 5.53. The molecule has 22 heavy (non-hydrogen) atoms. The van der Waals surface area contributed by atoms with Gasteiger partial charge in [-0.15, -0.1) is 0 Å². The largest absolute Gasteiger partial charge is 0.444 e. The fourth-order valence-electron chi connectivity index (χ4n) is 3.23. The highest BCUT2D eigenvalue weighted by Crippen LogP contribution is 2.30. The summed E-state index contributed by atoms with van der Waals surface area (Å²) in [6.07, 6.45) is 5.79. The zero-order valence-corrected chi connectivity index (χ0v) is 13.4. The van der Waals surface area contributed by atoms with E-state index in [9.17, 15) is 5.11 Å². The molecular weight excluding hydrogens is 276 g/mol. The first kappa shape index (κ1) is 15.3. The van der Waals surface area contributed by atoms with Gasteiger partial charge in [-0.2, -0.15) is 0 Å². The Hall–Kier alpha value is -1.65. The van der Waals surface area contributed by atoms with Crippen LogP contribution in [0.25, 0.3) is 11.5 Å². The van der Waals surface area contributed by atoms with Crippen LogP contribution in [0.5, 0.6) is 0 Å². The molecule has 0 bridgehead atoms. The number of aliphatic hydroxyl groups is 1. The SMILES string of the molecule is Cc1ccc(-c2nc(CN(C)CC3(O)CCCC3)co2)cc1. The van der Waals surface area contributed by atoms with E-state index in [0.717, 1.165) is 36.9 Å². The van der Waals surface area contributed by atoms with Crippen molar-refractivity contribution in [3.63, 3.8) is 0 Å². The van der Waals surface area contributed by atoms with E-state index in [4.69, 9.17) is 4.42 Å². The zero-order valence-electron chi connectivity index (χ0n) is 13.4. The second-order valence-corrected chi connectivity index (χ2v) is 6.61. The number of nitrogens with zero attached hydrogens (tertiary/aromatic N) is 2. The molecule has 1 N–H and O–H groups in total. The van der Waals surface area contributed by atoms with Crippen LogP contribution in [-0.4, -0.2) is 34.2 Å². The van der Waals surface area contributed by atoms with Gasteiger partial charge in [0, 0.05) is 18.7 Å². The van der Waals surface area contributed by atoms with Gasteiger partial charge in [0.15, 0.2) is 0 Å². The van der Waals surface area contributed by atoms with Gasteiger partial charge in [0.05, 0.1) is 11.3 Å². The highest BCUT2D eigenvalue weighted by atomic mass is 16.3. The Balaban J connectivity index is 1.62. The standard InChI is InChI=1S/C18H24N2O2/c1-14-5-7-15(8-6-14)17-19-16(12-22-17)11-20(2)13-18(21)9-3-4-10-18/h5-8,12,21H,3-4,9-11,13H2,1-2H3. The summed E-state index contributed by atoms with van der Waals surface area (Å²) >= 11 is 0. The molecule has 1 heterocycles. The monoisotopic (exact) mass is 300 g/mol. The molecule has 1 aliphatic rings. The van der Waals surface area contributed by atoms with Gasteiger partial charge in [0.25, 0.3) is 0 Å². The molecule has 1 aliphatic carbocycles. The second kappa shape index (κ2) is 6.23. The summed E-state index contributed by atoms with van der Waals surface area (Å²) in [6, 6.07) is 8.16. The number of hydrogen-bond donors (Lipinski definition) is 1. The van der Waals surface area contributed by atoms with Crippen molar-refractivity contribution in [1.82, 2.24) is 9.88 Å². The van der Waals surface area contributed by atoms with Crippen molar-refractivity contribution in [1.29, 1.82) is 0 Å². The first-order valence-electron chi connectivity index (χ1n) is 7.96. The molecule has 118 valence electrons. The summed E-state index contributed by atoms with van der Waals surface area (Å²) in [5.41, 5.74) is 2.60. The highest BCUT2D eigenvalue weighted by Gasteiger charge is 2.32. The summed E-state index contributed by atoms with van der Waals surface area (Å²) in [5, 5.41) is 10.5. The normalized spacial score (nSPS) is 17.3. The Kier molecular flexibility index (Phi) is 4.32. The van der Waals surface area contributed by atoms with E-state index in [1.54, 1.807) is 6.26 Å². The predicted molar refractivity (Wildman–Crippen MR) is 86.4 cm³/mol. The Morgan fingerprint density at radius 3 is 2.59 bits per heavy atom. The third kappa shape index (κ3) is 3.57. The number of aromatic nitrogens is 1. The van der Waals surface area contributed by atoms with Crippen molar-refractivity contribution in [2.45, 2.75) is 44.8 Å². The smallest absolute Gasteiger partial charge is 0.226 e. The number of aryl methyl sites for hydroxylation is 1. The van der Waals surface area contributed by atoms with Crippen molar-refractivity contribution in [3.8, 4) is 11.5 Å². The predicted octanol–water partition coefficient (Wildman–Crippen LogP) is 3.39. The summed E-state index contributed by atoms with van der Waals surface area (Å²) in [7, 11) is 2.02. The molecule has 0 aliphatic heterocycles. The minimum absolute atomic E-state index is 0.516. The van der Waals surface area contributed by atoms with Crippen molar-refractivity contribution in [2.24, 2.45) is 0 Å². The van der Waals surface area contributed by atoms with Crippen LogP contribution in [0, 0.1) is 6.92 Å². The lowest BCUT2D eigenvalue weighted by Gasteiger charge is -2.27. The molecule has 0 saturated heterocycles. The van der Waals surface area contributed by atoms with Crippen LogP contribution in [0.15, 0.2) is 34.9 Å². The molecule has 1 aromatic heterocycles. The molecule has 1 saturated carbocycles. The lowest BCUT2D eigenvalue weighted by atomic mass is 10.0. The zero-order chi connectivity index (χ0) is 15.6. The van der Waals surface area contributed by atoms with Gasteiger partial charge in [-0.3, -0.25) is 4.90 Å². The lowest BCUT2D eigenvalue weighted by Crippen LogP contribution is -2.38. The Bertz CT molecular complexity index is 612. The van der Waals surface area contributed by atoms with E-state index < -0.39 is 5.60 Å². The van der Waals surface area contributed by atoms with Crippen LogP contribution >= 0.6 is 0 Å². The third-order valence-electron chi connectivity index (χ3n) is 4.38. The molecule has 1 aromatic carbocycles. The minimum atomic E-state index is -0.516. The quantitative estimate of drug-likeness (QED) is 0.919. The van der Waals surface area contributed by atoms with Crippen LogP contribution in [0.1, 0.15) is 36.9 Å². The maximum Gasteiger partial charge on any atom is 0.226 e. The molecule has 0 amide bonds. The molecule has 1 fully saturated rings.